The number of benzene rings is 3. The SMILES string of the molecule is COc1ccc(-c2ccccc2C(=O)c2cccc(N)c2)cc1OC. The van der Waals surface area contributed by atoms with Gasteiger partial charge in [-0.15, -0.1) is 0 Å². The van der Waals surface area contributed by atoms with Gasteiger partial charge in [-0.25, -0.2) is 0 Å². The highest BCUT2D eigenvalue weighted by Crippen LogP contribution is 2.34. The molecule has 0 unspecified atom stereocenters. The van der Waals surface area contributed by atoms with Gasteiger partial charge in [0.15, 0.2) is 17.3 Å². The van der Waals surface area contributed by atoms with E-state index < -0.39 is 0 Å². The minimum absolute atomic E-state index is 0.0716. The van der Waals surface area contributed by atoms with Gasteiger partial charge < -0.3 is 15.2 Å². The van der Waals surface area contributed by atoms with Gasteiger partial charge in [0.05, 0.1) is 14.2 Å². The number of carbonyl (C=O) groups excluding carboxylic acids is 1. The smallest absolute Gasteiger partial charge is 0.193 e. The molecule has 0 radical (unpaired) electrons. The predicted molar refractivity (Wildman–Crippen MR) is 99.3 cm³/mol. The third-order valence-electron chi connectivity index (χ3n) is 4.02. The topological polar surface area (TPSA) is 61.5 Å². The zero-order chi connectivity index (χ0) is 17.8. The fraction of sp³-hybridized carbons (Fsp3) is 0.0952. The van der Waals surface area contributed by atoms with Crippen molar-refractivity contribution in [3.63, 3.8) is 0 Å². The van der Waals surface area contributed by atoms with Crippen LogP contribution in [0.2, 0.25) is 0 Å². The van der Waals surface area contributed by atoms with Crippen LogP contribution in [0, 0.1) is 0 Å². The van der Waals surface area contributed by atoms with E-state index in [1.54, 1.807) is 38.5 Å². The molecule has 25 heavy (non-hydrogen) atoms. The number of rotatable bonds is 5. The van der Waals surface area contributed by atoms with Crippen molar-refractivity contribution in [1.29, 1.82) is 0 Å². The van der Waals surface area contributed by atoms with Crippen molar-refractivity contribution in [3.05, 3.63) is 77.9 Å². The Kier molecular flexibility index (Phi) is 4.70. The Bertz CT molecular complexity index is 919. The first-order valence-electron chi connectivity index (χ1n) is 7.85. The standard InChI is InChI=1S/C21H19NO3/c1-24-19-11-10-14(13-20(19)25-2)17-8-3-4-9-18(17)21(23)15-6-5-7-16(22)12-15/h3-13H,22H2,1-2H3. The molecule has 0 amide bonds. The average molecular weight is 333 g/mol. The van der Waals surface area contributed by atoms with E-state index >= 15 is 0 Å². The van der Waals surface area contributed by atoms with Crippen molar-refractivity contribution in [1.82, 2.24) is 0 Å². The van der Waals surface area contributed by atoms with Crippen molar-refractivity contribution >= 4 is 11.5 Å². The second-order valence-corrected chi connectivity index (χ2v) is 5.57. The molecule has 0 heterocycles. The molecule has 0 spiro atoms. The van der Waals surface area contributed by atoms with Crippen LogP contribution in [0.15, 0.2) is 66.7 Å². The molecule has 0 aromatic heterocycles. The van der Waals surface area contributed by atoms with Gasteiger partial charge in [-0.3, -0.25) is 4.79 Å². The molecular weight excluding hydrogens is 314 g/mol. The Hall–Kier alpha value is -3.27. The summed E-state index contributed by atoms with van der Waals surface area (Å²) in [7, 11) is 3.18. The first-order chi connectivity index (χ1) is 12.1. The molecule has 0 fully saturated rings. The summed E-state index contributed by atoms with van der Waals surface area (Å²) in [5.41, 5.74) is 9.26. The lowest BCUT2D eigenvalue weighted by molar-refractivity contribution is 0.103. The molecule has 0 atom stereocenters. The third kappa shape index (κ3) is 3.33. The summed E-state index contributed by atoms with van der Waals surface area (Å²) in [6, 6.07) is 20.1. The summed E-state index contributed by atoms with van der Waals surface area (Å²) >= 11 is 0. The monoisotopic (exact) mass is 333 g/mol. The van der Waals surface area contributed by atoms with E-state index in [-0.39, 0.29) is 5.78 Å². The molecule has 0 saturated heterocycles. The normalized spacial score (nSPS) is 10.3. The largest absolute Gasteiger partial charge is 0.493 e. The lowest BCUT2D eigenvalue weighted by atomic mass is 9.93. The van der Waals surface area contributed by atoms with Gasteiger partial charge in [0.2, 0.25) is 0 Å². The number of nitrogens with two attached hydrogens (primary N) is 1. The van der Waals surface area contributed by atoms with Gasteiger partial charge in [-0.05, 0) is 35.4 Å². The predicted octanol–water partition coefficient (Wildman–Crippen LogP) is 4.18. The lowest BCUT2D eigenvalue weighted by Crippen LogP contribution is -2.04. The summed E-state index contributed by atoms with van der Waals surface area (Å²) in [5, 5.41) is 0. The van der Waals surface area contributed by atoms with Crippen LogP contribution in [0.1, 0.15) is 15.9 Å². The van der Waals surface area contributed by atoms with Crippen molar-refractivity contribution in [3.8, 4) is 22.6 Å². The van der Waals surface area contributed by atoms with E-state index in [9.17, 15) is 4.79 Å². The molecule has 4 heteroatoms. The van der Waals surface area contributed by atoms with E-state index in [1.807, 2.05) is 42.5 Å². The van der Waals surface area contributed by atoms with Crippen molar-refractivity contribution < 1.29 is 14.3 Å². The van der Waals surface area contributed by atoms with Crippen LogP contribution in [0.4, 0.5) is 5.69 Å². The molecule has 0 bridgehead atoms. The van der Waals surface area contributed by atoms with Gasteiger partial charge in [0.25, 0.3) is 0 Å². The molecular formula is C21H19NO3. The van der Waals surface area contributed by atoms with Crippen LogP contribution in [-0.4, -0.2) is 20.0 Å². The minimum Gasteiger partial charge on any atom is -0.493 e. The minimum atomic E-state index is -0.0716. The summed E-state index contributed by atoms with van der Waals surface area (Å²) < 4.78 is 10.7. The lowest BCUT2D eigenvalue weighted by Gasteiger charge is -2.12. The van der Waals surface area contributed by atoms with Crippen LogP contribution < -0.4 is 15.2 Å². The molecule has 0 saturated carbocycles. The van der Waals surface area contributed by atoms with Gasteiger partial charge >= 0.3 is 0 Å². The van der Waals surface area contributed by atoms with Crippen LogP contribution in [0.3, 0.4) is 0 Å². The number of carbonyl (C=O) groups is 1. The average Bonchev–Trinajstić information content (AvgIpc) is 2.66. The maximum absolute atomic E-state index is 13.0. The highest BCUT2D eigenvalue weighted by atomic mass is 16.5. The number of hydrogen-bond acceptors (Lipinski definition) is 4. The summed E-state index contributed by atoms with van der Waals surface area (Å²) in [6.45, 7) is 0. The van der Waals surface area contributed by atoms with Crippen molar-refractivity contribution in [2.75, 3.05) is 20.0 Å². The molecule has 0 aliphatic rings. The first kappa shape index (κ1) is 16.6. The van der Waals surface area contributed by atoms with Gasteiger partial charge in [0.1, 0.15) is 0 Å². The van der Waals surface area contributed by atoms with Crippen molar-refractivity contribution in [2.24, 2.45) is 0 Å². The molecule has 2 N–H and O–H groups in total. The highest BCUT2D eigenvalue weighted by Gasteiger charge is 2.16. The van der Waals surface area contributed by atoms with Crippen LogP contribution >= 0.6 is 0 Å². The molecule has 3 aromatic rings. The van der Waals surface area contributed by atoms with Crippen LogP contribution in [0.25, 0.3) is 11.1 Å². The quantitative estimate of drug-likeness (QED) is 0.562. The Labute approximate surface area is 146 Å². The van der Waals surface area contributed by atoms with Crippen LogP contribution in [0.5, 0.6) is 11.5 Å². The molecule has 0 aliphatic carbocycles. The molecule has 3 rings (SSSR count). The van der Waals surface area contributed by atoms with Crippen molar-refractivity contribution in [2.45, 2.75) is 0 Å². The number of ether oxygens (including phenoxy) is 2. The van der Waals surface area contributed by atoms with E-state index in [4.69, 9.17) is 15.2 Å². The Morgan fingerprint density at radius 2 is 1.60 bits per heavy atom. The number of nitrogen functional groups attached to an aromatic ring is 1. The fourth-order valence-electron chi connectivity index (χ4n) is 2.77. The van der Waals surface area contributed by atoms with Gasteiger partial charge in [-0.1, -0.05) is 42.5 Å². The van der Waals surface area contributed by atoms with E-state index in [0.29, 0.717) is 28.3 Å². The van der Waals surface area contributed by atoms with E-state index in [2.05, 4.69) is 0 Å². The van der Waals surface area contributed by atoms with E-state index in [1.165, 1.54) is 0 Å². The third-order valence-corrected chi connectivity index (χ3v) is 4.02. The summed E-state index contributed by atoms with van der Waals surface area (Å²) in [6.07, 6.45) is 0. The molecule has 0 aliphatic heterocycles. The second-order valence-electron chi connectivity index (χ2n) is 5.57. The molecule has 4 nitrogen and oxygen atoms in total. The highest BCUT2D eigenvalue weighted by molar-refractivity contribution is 6.13. The zero-order valence-electron chi connectivity index (χ0n) is 14.2. The Morgan fingerprint density at radius 1 is 0.840 bits per heavy atom. The van der Waals surface area contributed by atoms with E-state index in [0.717, 1.165) is 11.1 Å². The molecule has 3 aromatic carbocycles. The number of methoxy groups -OCH3 is 2. The van der Waals surface area contributed by atoms with Gasteiger partial charge in [0, 0.05) is 16.8 Å². The summed E-state index contributed by atoms with van der Waals surface area (Å²) in [4.78, 5) is 13.0. The summed E-state index contributed by atoms with van der Waals surface area (Å²) in [5.74, 6) is 1.19. The fourth-order valence-corrected chi connectivity index (χ4v) is 2.77. The number of ketones is 1. The van der Waals surface area contributed by atoms with Gasteiger partial charge in [-0.2, -0.15) is 0 Å². The maximum atomic E-state index is 13.0. The second kappa shape index (κ2) is 7.09. The number of anilines is 1. The zero-order valence-corrected chi connectivity index (χ0v) is 14.2. The number of hydrogen-bond donors (Lipinski definition) is 1. The van der Waals surface area contributed by atoms with Crippen LogP contribution in [-0.2, 0) is 0 Å². The maximum Gasteiger partial charge on any atom is 0.193 e. The first-order valence-corrected chi connectivity index (χ1v) is 7.85. The Balaban J connectivity index is 2.09. The Morgan fingerprint density at radius 3 is 2.32 bits per heavy atom. The molecule has 126 valence electrons.